The summed E-state index contributed by atoms with van der Waals surface area (Å²) in [5.41, 5.74) is 3.27. The highest BCUT2D eigenvalue weighted by molar-refractivity contribution is 5.83. The molecule has 90 valence electrons. The molecule has 0 N–H and O–H groups in total. The van der Waals surface area contributed by atoms with Crippen LogP contribution in [0.15, 0.2) is 18.2 Å². The van der Waals surface area contributed by atoms with Gasteiger partial charge in [0.25, 0.3) is 0 Å². The van der Waals surface area contributed by atoms with Gasteiger partial charge in [-0.1, -0.05) is 18.2 Å². The molecule has 1 aromatic rings. The lowest BCUT2D eigenvalue weighted by Gasteiger charge is -2.15. The van der Waals surface area contributed by atoms with Crippen LogP contribution in [-0.4, -0.2) is 18.4 Å². The first-order chi connectivity index (χ1) is 8.19. The van der Waals surface area contributed by atoms with E-state index in [9.17, 15) is 9.59 Å². The van der Waals surface area contributed by atoms with E-state index in [-0.39, 0.29) is 5.97 Å². The first kappa shape index (κ1) is 11.8. The topological polar surface area (TPSA) is 43.4 Å². The summed E-state index contributed by atoms with van der Waals surface area (Å²) in [4.78, 5) is 22.7. The Bertz CT molecular complexity index is 449. The fraction of sp³-hybridized carbons (Fsp3) is 0.429. The number of carbonyl (C=O) groups is 2. The second-order valence-corrected chi connectivity index (χ2v) is 4.30. The van der Waals surface area contributed by atoms with E-state index in [1.54, 1.807) is 6.92 Å². The smallest absolute Gasteiger partial charge is 0.310 e. The van der Waals surface area contributed by atoms with E-state index >= 15 is 0 Å². The number of hydrogen-bond donors (Lipinski definition) is 0. The van der Waals surface area contributed by atoms with E-state index < -0.39 is 0 Å². The van der Waals surface area contributed by atoms with E-state index in [1.165, 1.54) is 5.56 Å². The summed E-state index contributed by atoms with van der Waals surface area (Å²) in [7, 11) is 0. The Morgan fingerprint density at radius 3 is 2.88 bits per heavy atom. The highest BCUT2D eigenvalue weighted by Crippen LogP contribution is 2.20. The second-order valence-electron chi connectivity index (χ2n) is 4.30. The van der Waals surface area contributed by atoms with Crippen LogP contribution >= 0.6 is 0 Å². The zero-order chi connectivity index (χ0) is 12.3. The summed E-state index contributed by atoms with van der Waals surface area (Å²) >= 11 is 0. The maximum Gasteiger partial charge on any atom is 0.310 e. The summed E-state index contributed by atoms with van der Waals surface area (Å²) in [5, 5.41) is 0. The number of Topliss-reactive ketones (excluding diaryl/α,β-unsaturated/α-hetero) is 1. The van der Waals surface area contributed by atoms with Crippen LogP contribution in [0.3, 0.4) is 0 Å². The van der Waals surface area contributed by atoms with Gasteiger partial charge < -0.3 is 4.74 Å². The normalized spacial score (nSPS) is 14.3. The average molecular weight is 232 g/mol. The van der Waals surface area contributed by atoms with Gasteiger partial charge in [0, 0.05) is 12.8 Å². The number of benzene rings is 1. The second kappa shape index (κ2) is 5.13. The van der Waals surface area contributed by atoms with Gasteiger partial charge in [0.1, 0.15) is 5.78 Å². The fourth-order valence-corrected chi connectivity index (χ4v) is 2.15. The third kappa shape index (κ3) is 2.93. The monoisotopic (exact) mass is 232 g/mol. The molecule has 0 unspecified atom stereocenters. The van der Waals surface area contributed by atoms with E-state index in [1.807, 2.05) is 18.2 Å². The molecule has 0 saturated heterocycles. The van der Waals surface area contributed by atoms with Crippen LogP contribution in [-0.2, 0) is 33.6 Å². The van der Waals surface area contributed by atoms with Crippen molar-refractivity contribution < 1.29 is 14.3 Å². The highest BCUT2D eigenvalue weighted by Gasteiger charge is 2.16. The number of rotatable bonds is 3. The molecule has 0 aromatic heterocycles. The van der Waals surface area contributed by atoms with Crippen molar-refractivity contribution >= 4 is 11.8 Å². The van der Waals surface area contributed by atoms with E-state index in [2.05, 4.69) is 0 Å². The average Bonchev–Trinajstić information content (AvgIpc) is 2.29. The van der Waals surface area contributed by atoms with E-state index in [4.69, 9.17) is 4.74 Å². The molecule has 0 spiro atoms. The summed E-state index contributed by atoms with van der Waals surface area (Å²) in [5.74, 6) is 0.106. The molecular formula is C14H16O3. The number of ketones is 1. The Morgan fingerprint density at radius 2 is 2.12 bits per heavy atom. The van der Waals surface area contributed by atoms with Gasteiger partial charge in [0.15, 0.2) is 0 Å². The van der Waals surface area contributed by atoms with Gasteiger partial charge in [-0.15, -0.1) is 0 Å². The van der Waals surface area contributed by atoms with Crippen LogP contribution in [0.5, 0.6) is 0 Å². The lowest BCUT2D eigenvalue weighted by atomic mass is 9.89. The SMILES string of the molecule is CCOC(=O)Cc1ccc2c(c1)CCC(=O)C2. The van der Waals surface area contributed by atoms with Crippen LogP contribution in [0.2, 0.25) is 0 Å². The van der Waals surface area contributed by atoms with Gasteiger partial charge in [0.05, 0.1) is 13.0 Å². The van der Waals surface area contributed by atoms with E-state index in [0.29, 0.717) is 31.7 Å². The minimum atomic E-state index is -0.195. The lowest BCUT2D eigenvalue weighted by molar-refractivity contribution is -0.142. The standard InChI is InChI=1S/C14H16O3/c1-2-17-14(16)8-10-3-4-12-9-13(15)6-5-11(12)7-10/h3-4,7H,2,5-6,8-9H2,1H3. The highest BCUT2D eigenvalue weighted by atomic mass is 16.5. The molecular weight excluding hydrogens is 216 g/mol. The Balaban J connectivity index is 2.11. The van der Waals surface area contributed by atoms with Gasteiger partial charge in [-0.3, -0.25) is 9.59 Å². The van der Waals surface area contributed by atoms with Crippen LogP contribution < -0.4 is 0 Å². The van der Waals surface area contributed by atoms with Gasteiger partial charge in [-0.25, -0.2) is 0 Å². The Kier molecular flexibility index (Phi) is 3.57. The summed E-state index contributed by atoms with van der Waals surface area (Å²) in [6.07, 6.45) is 2.27. The van der Waals surface area contributed by atoms with Crippen molar-refractivity contribution in [3.8, 4) is 0 Å². The Labute approximate surface area is 101 Å². The zero-order valence-electron chi connectivity index (χ0n) is 9.99. The van der Waals surface area contributed by atoms with Crippen LogP contribution in [0.1, 0.15) is 30.0 Å². The molecule has 0 saturated carbocycles. The van der Waals surface area contributed by atoms with Crippen LogP contribution in [0.4, 0.5) is 0 Å². The molecule has 0 bridgehead atoms. The number of esters is 1. The number of fused-ring (bicyclic) bond motifs is 1. The third-order valence-corrected chi connectivity index (χ3v) is 2.99. The summed E-state index contributed by atoms with van der Waals surface area (Å²) in [6, 6.07) is 5.90. The maximum absolute atomic E-state index is 11.4. The molecule has 0 heterocycles. The first-order valence-electron chi connectivity index (χ1n) is 5.97. The predicted octanol–water partition coefficient (Wildman–Crippen LogP) is 1.85. The Hall–Kier alpha value is -1.64. The van der Waals surface area contributed by atoms with Crippen molar-refractivity contribution in [2.24, 2.45) is 0 Å². The van der Waals surface area contributed by atoms with Crippen molar-refractivity contribution in [1.29, 1.82) is 0 Å². The molecule has 17 heavy (non-hydrogen) atoms. The van der Waals surface area contributed by atoms with Crippen LogP contribution in [0, 0.1) is 0 Å². The summed E-state index contributed by atoms with van der Waals surface area (Å²) in [6.45, 7) is 2.22. The molecule has 1 aliphatic rings. The molecule has 0 atom stereocenters. The fourth-order valence-electron chi connectivity index (χ4n) is 2.15. The van der Waals surface area contributed by atoms with Gasteiger partial charge in [-0.2, -0.15) is 0 Å². The number of hydrogen-bond acceptors (Lipinski definition) is 3. The summed E-state index contributed by atoms with van der Waals surface area (Å²) < 4.78 is 4.91. The lowest BCUT2D eigenvalue weighted by Crippen LogP contribution is -2.14. The molecule has 0 fully saturated rings. The van der Waals surface area contributed by atoms with Crippen molar-refractivity contribution in [1.82, 2.24) is 0 Å². The minimum absolute atomic E-state index is 0.195. The third-order valence-electron chi connectivity index (χ3n) is 2.99. The molecule has 1 aromatic carbocycles. The number of ether oxygens (including phenoxy) is 1. The Morgan fingerprint density at radius 1 is 1.29 bits per heavy atom. The molecule has 0 amide bonds. The molecule has 3 heteroatoms. The number of aryl methyl sites for hydroxylation is 1. The molecule has 1 aliphatic carbocycles. The van der Waals surface area contributed by atoms with Crippen molar-refractivity contribution in [2.45, 2.75) is 32.6 Å². The molecule has 3 nitrogen and oxygen atoms in total. The zero-order valence-corrected chi connectivity index (χ0v) is 9.99. The minimum Gasteiger partial charge on any atom is -0.466 e. The maximum atomic E-state index is 11.4. The van der Waals surface area contributed by atoms with Gasteiger partial charge in [0.2, 0.25) is 0 Å². The van der Waals surface area contributed by atoms with E-state index in [0.717, 1.165) is 17.5 Å². The molecule has 2 rings (SSSR count). The van der Waals surface area contributed by atoms with Gasteiger partial charge in [-0.05, 0) is 30.0 Å². The van der Waals surface area contributed by atoms with Crippen molar-refractivity contribution in [3.05, 3.63) is 34.9 Å². The first-order valence-corrected chi connectivity index (χ1v) is 5.97. The predicted molar refractivity (Wildman–Crippen MR) is 63.8 cm³/mol. The largest absolute Gasteiger partial charge is 0.466 e. The number of carbonyl (C=O) groups excluding carboxylic acids is 2. The van der Waals surface area contributed by atoms with Gasteiger partial charge >= 0.3 is 5.97 Å². The van der Waals surface area contributed by atoms with Crippen LogP contribution in [0.25, 0.3) is 0 Å². The molecule has 0 radical (unpaired) electrons. The van der Waals surface area contributed by atoms with Crippen molar-refractivity contribution in [2.75, 3.05) is 6.61 Å². The quantitative estimate of drug-likeness (QED) is 0.747. The molecule has 0 aliphatic heterocycles. The van der Waals surface area contributed by atoms with Crippen molar-refractivity contribution in [3.63, 3.8) is 0 Å².